The number of piperidine rings is 1. The minimum atomic E-state index is -0.331. The van der Waals surface area contributed by atoms with Crippen LogP contribution in [0.15, 0.2) is 42.1 Å². The Morgan fingerprint density at radius 3 is 2.68 bits per heavy atom. The largest absolute Gasteiger partial charge is 0.325 e. The van der Waals surface area contributed by atoms with Gasteiger partial charge in [0.15, 0.2) is 5.16 Å². The Morgan fingerprint density at radius 2 is 1.96 bits per heavy atom. The predicted octanol–water partition coefficient (Wildman–Crippen LogP) is 3.36. The molecule has 2 heterocycles. The summed E-state index contributed by atoms with van der Waals surface area (Å²) < 4.78 is 15.0. The second-order valence-corrected chi connectivity index (χ2v) is 7.74. The first-order valence-electron chi connectivity index (χ1n) is 9.59. The lowest BCUT2D eigenvalue weighted by Gasteiger charge is -2.26. The summed E-state index contributed by atoms with van der Waals surface area (Å²) in [5.74, 6) is 0.632. The van der Waals surface area contributed by atoms with Gasteiger partial charge in [-0.3, -0.25) is 4.79 Å². The second-order valence-electron chi connectivity index (χ2n) is 6.79. The van der Waals surface area contributed by atoms with Crippen molar-refractivity contribution in [2.45, 2.75) is 37.4 Å². The number of nitrogens with one attached hydrogen (secondary N) is 1. The minimum Gasteiger partial charge on any atom is -0.325 e. The highest BCUT2D eigenvalue weighted by Crippen LogP contribution is 2.19. The molecule has 0 unspecified atom stereocenters. The van der Waals surface area contributed by atoms with Gasteiger partial charge in [-0.2, -0.15) is 0 Å². The summed E-state index contributed by atoms with van der Waals surface area (Å²) >= 11 is 1.34. The molecule has 1 aromatic heterocycles. The molecule has 28 heavy (non-hydrogen) atoms. The van der Waals surface area contributed by atoms with Crippen LogP contribution in [0.2, 0.25) is 0 Å². The second kappa shape index (κ2) is 10.4. The first-order chi connectivity index (χ1) is 13.7. The topological polar surface area (TPSA) is 63.1 Å². The van der Waals surface area contributed by atoms with Crippen molar-refractivity contribution in [2.75, 3.05) is 30.7 Å². The van der Waals surface area contributed by atoms with Crippen molar-refractivity contribution in [3.8, 4) is 0 Å². The van der Waals surface area contributed by atoms with Crippen molar-refractivity contribution in [1.29, 1.82) is 0 Å². The smallest absolute Gasteiger partial charge is 0.234 e. The SMILES string of the molecule is C=CCn1c(CCN2CCCCC2)nnc1SCC(=O)Nc1ccc(F)cc1. The van der Waals surface area contributed by atoms with E-state index in [2.05, 4.69) is 27.0 Å². The first-order valence-corrected chi connectivity index (χ1v) is 10.6. The Balaban J connectivity index is 1.55. The molecule has 0 aliphatic carbocycles. The molecule has 0 bridgehead atoms. The molecule has 1 saturated heterocycles. The van der Waals surface area contributed by atoms with Gasteiger partial charge in [-0.05, 0) is 50.2 Å². The van der Waals surface area contributed by atoms with E-state index in [0.29, 0.717) is 17.4 Å². The van der Waals surface area contributed by atoms with E-state index in [9.17, 15) is 9.18 Å². The zero-order valence-corrected chi connectivity index (χ0v) is 16.8. The van der Waals surface area contributed by atoms with Gasteiger partial charge in [0, 0.05) is 25.2 Å². The summed E-state index contributed by atoms with van der Waals surface area (Å²) in [5.41, 5.74) is 0.571. The van der Waals surface area contributed by atoms with Gasteiger partial charge in [-0.1, -0.05) is 24.3 Å². The summed E-state index contributed by atoms with van der Waals surface area (Å²) in [4.78, 5) is 14.6. The van der Waals surface area contributed by atoms with E-state index in [1.54, 1.807) is 0 Å². The molecule has 1 aromatic carbocycles. The highest BCUT2D eigenvalue weighted by molar-refractivity contribution is 7.99. The van der Waals surface area contributed by atoms with Gasteiger partial charge in [0.25, 0.3) is 0 Å². The van der Waals surface area contributed by atoms with Crippen LogP contribution in [0, 0.1) is 5.82 Å². The zero-order chi connectivity index (χ0) is 19.8. The number of allylic oxidation sites excluding steroid dienone is 1. The number of aromatic nitrogens is 3. The van der Waals surface area contributed by atoms with Crippen LogP contribution >= 0.6 is 11.8 Å². The zero-order valence-electron chi connectivity index (χ0n) is 15.9. The van der Waals surface area contributed by atoms with Gasteiger partial charge in [0.2, 0.25) is 5.91 Å². The number of benzene rings is 1. The van der Waals surface area contributed by atoms with Crippen molar-refractivity contribution in [3.05, 3.63) is 48.6 Å². The molecule has 1 amide bonds. The van der Waals surface area contributed by atoms with E-state index in [1.807, 2.05) is 10.6 Å². The van der Waals surface area contributed by atoms with Crippen LogP contribution in [-0.4, -0.2) is 51.0 Å². The van der Waals surface area contributed by atoms with Gasteiger partial charge < -0.3 is 14.8 Å². The van der Waals surface area contributed by atoms with Crippen molar-refractivity contribution in [1.82, 2.24) is 19.7 Å². The number of carbonyl (C=O) groups is 1. The van der Waals surface area contributed by atoms with Gasteiger partial charge in [-0.25, -0.2) is 4.39 Å². The lowest BCUT2D eigenvalue weighted by molar-refractivity contribution is -0.113. The number of amides is 1. The standard InChI is InChI=1S/C20H26FN5OS/c1-2-11-26-18(10-14-25-12-4-3-5-13-25)23-24-20(26)28-15-19(27)22-17-8-6-16(21)7-9-17/h2,6-9H,1,3-5,10-15H2,(H,22,27). The number of rotatable bonds is 9. The molecular weight excluding hydrogens is 377 g/mol. The minimum absolute atomic E-state index is 0.167. The third kappa shape index (κ3) is 5.90. The normalized spacial score (nSPS) is 14.8. The van der Waals surface area contributed by atoms with E-state index in [4.69, 9.17) is 0 Å². The molecule has 6 nitrogen and oxygen atoms in total. The Morgan fingerprint density at radius 1 is 1.21 bits per heavy atom. The van der Waals surface area contributed by atoms with Crippen LogP contribution in [0.1, 0.15) is 25.1 Å². The molecular formula is C20H26FN5OS. The molecule has 8 heteroatoms. The molecule has 1 fully saturated rings. The van der Waals surface area contributed by atoms with E-state index >= 15 is 0 Å². The summed E-state index contributed by atoms with van der Waals surface area (Å²) in [7, 11) is 0. The fourth-order valence-electron chi connectivity index (χ4n) is 3.22. The molecule has 1 aliphatic rings. The van der Waals surface area contributed by atoms with Crippen molar-refractivity contribution >= 4 is 23.4 Å². The molecule has 0 spiro atoms. The van der Waals surface area contributed by atoms with Gasteiger partial charge in [0.1, 0.15) is 11.6 Å². The number of halogens is 1. The Hall–Kier alpha value is -2.19. The lowest BCUT2D eigenvalue weighted by Crippen LogP contribution is -2.32. The first kappa shape index (κ1) is 20.5. The van der Waals surface area contributed by atoms with Crippen LogP contribution in [0.4, 0.5) is 10.1 Å². The highest BCUT2D eigenvalue weighted by atomic mass is 32.2. The van der Waals surface area contributed by atoms with Gasteiger partial charge >= 0.3 is 0 Å². The van der Waals surface area contributed by atoms with E-state index in [0.717, 1.165) is 31.9 Å². The number of hydrogen-bond acceptors (Lipinski definition) is 5. The number of carbonyl (C=O) groups excluding carboxylic acids is 1. The van der Waals surface area contributed by atoms with Crippen LogP contribution in [0.3, 0.4) is 0 Å². The number of hydrogen-bond donors (Lipinski definition) is 1. The maximum absolute atomic E-state index is 12.9. The molecule has 1 N–H and O–H groups in total. The average molecular weight is 404 g/mol. The van der Waals surface area contributed by atoms with Crippen LogP contribution in [0.5, 0.6) is 0 Å². The Bertz CT molecular complexity index is 786. The highest BCUT2D eigenvalue weighted by Gasteiger charge is 2.16. The van der Waals surface area contributed by atoms with Crippen molar-refractivity contribution in [3.63, 3.8) is 0 Å². The number of nitrogens with zero attached hydrogens (tertiary/aromatic N) is 4. The van der Waals surface area contributed by atoms with Crippen molar-refractivity contribution < 1.29 is 9.18 Å². The Kier molecular flexibility index (Phi) is 7.62. The maximum atomic E-state index is 12.9. The van der Waals surface area contributed by atoms with Crippen LogP contribution < -0.4 is 5.32 Å². The summed E-state index contributed by atoms with van der Waals surface area (Å²) in [6.07, 6.45) is 6.51. The van der Waals surface area contributed by atoms with Gasteiger partial charge in [-0.15, -0.1) is 16.8 Å². The van der Waals surface area contributed by atoms with Crippen molar-refractivity contribution in [2.24, 2.45) is 0 Å². The van der Waals surface area contributed by atoms with Crippen LogP contribution in [-0.2, 0) is 17.8 Å². The number of likely N-dealkylation sites (tertiary alicyclic amines) is 1. The average Bonchev–Trinajstić information content (AvgIpc) is 3.09. The van der Waals surface area contributed by atoms with Gasteiger partial charge in [0.05, 0.1) is 5.75 Å². The molecule has 2 aromatic rings. The van der Waals surface area contributed by atoms with E-state index < -0.39 is 0 Å². The molecule has 150 valence electrons. The molecule has 0 atom stereocenters. The molecule has 0 radical (unpaired) electrons. The molecule has 3 rings (SSSR count). The molecule has 0 saturated carbocycles. The number of anilines is 1. The summed E-state index contributed by atoms with van der Waals surface area (Å²) in [5, 5.41) is 12.1. The number of thioether (sulfide) groups is 1. The van der Waals surface area contributed by atoms with E-state index in [1.165, 1.54) is 55.3 Å². The fourth-order valence-corrected chi connectivity index (χ4v) is 3.99. The third-order valence-electron chi connectivity index (χ3n) is 4.67. The van der Waals surface area contributed by atoms with Crippen LogP contribution in [0.25, 0.3) is 0 Å². The molecule has 1 aliphatic heterocycles. The summed E-state index contributed by atoms with van der Waals surface area (Å²) in [6.45, 7) is 7.72. The monoisotopic (exact) mass is 403 g/mol. The lowest BCUT2D eigenvalue weighted by atomic mass is 10.1. The maximum Gasteiger partial charge on any atom is 0.234 e. The quantitative estimate of drug-likeness (QED) is 0.514. The predicted molar refractivity (Wildman–Crippen MR) is 110 cm³/mol. The summed E-state index contributed by atoms with van der Waals surface area (Å²) in [6, 6.07) is 5.71. The fraction of sp³-hybridized carbons (Fsp3) is 0.450. The third-order valence-corrected chi connectivity index (χ3v) is 5.63. The Labute approximate surface area is 169 Å². The van der Waals surface area contributed by atoms with E-state index in [-0.39, 0.29) is 17.5 Å².